The van der Waals surface area contributed by atoms with Crippen LogP contribution in [0.1, 0.15) is 11.1 Å². The summed E-state index contributed by atoms with van der Waals surface area (Å²) in [5.74, 6) is -0.190. The Morgan fingerprint density at radius 1 is 1.15 bits per heavy atom. The van der Waals surface area contributed by atoms with Crippen LogP contribution in [0.15, 0.2) is 24.3 Å². The smallest absolute Gasteiger partial charge is 0.309 e. The lowest BCUT2D eigenvalue weighted by atomic mass is 10.1. The van der Waals surface area contributed by atoms with Crippen LogP contribution in [-0.4, -0.2) is 44.2 Å². The highest BCUT2D eigenvalue weighted by Crippen LogP contribution is 2.09. The lowest BCUT2D eigenvalue weighted by Crippen LogP contribution is -2.42. The average molecular weight is 321 g/mol. The molecular weight excluding hydrogens is 299 g/mol. The molecule has 0 aliphatic carbocycles. The zero-order valence-electron chi connectivity index (χ0n) is 11.6. The Labute approximate surface area is 132 Å². The Bertz CT molecular complexity index is 393. The van der Waals surface area contributed by atoms with E-state index in [1.165, 1.54) is 12.7 Å². The van der Waals surface area contributed by atoms with Gasteiger partial charge in [-0.15, -0.1) is 24.8 Å². The van der Waals surface area contributed by atoms with Gasteiger partial charge in [-0.05, 0) is 11.1 Å². The number of nitrogens with zero attached hydrogens (tertiary/aromatic N) is 1. The Morgan fingerprint density at radius 2 is 1.70 bits per heavy atom. The summed E-state index contributed by atoms with van der Waals surface area (Å²) in [4.78, 5) is 13.6. The first-order valence-corrected chi connectivity index (χ1v) is 6.35. The van der Waals surface area contributed by atoms with Gasteiger partial charge in [0.2, 0.25) is 0 Å². The van der Waals surface area contributed by atoms with E-state index >= 15 is 0 Å². The Kier molecular flexibility index (Phi) is 9.59. The Hall–Kier alpha value is -0.810. The van der Waals surface area contributed by atoms with Gasteiger partial charge in [0.25, 0.3) is 0 Å². The molecule has 0 atom stereocenters. The van der Waals surface area contributed by atoms with E-state index in [-0.39, 0.29) is 30.8 Å². The largest absolute Gasteiger partial charge is 0.469 e. The minimum absolute atomic E-state index is 0. The van der Waals surface area contributed by atoms with Gasteiger partial charge in [0.15, 0.2) is 0 Å². The first kappa shape index (κ1) is 19.2. The minimum atomic E-state index is -0.190. The molecule has 0 aromatic heterocycles. The second kappa shape index (κ2) is 10.00. The quantitative estimate of drug-likeness (QED) is 0.857. The molecule has 1 saturated heterocycles. The number of methoxy groups -OCH3 is 1. The van der Waals surface area contributed by atoms with Crippen LogP contribution in [0.2, 0.25) is 0 Å². The summed E-state index contributed by atoms with van der Waals surface area (Å²) in [6, 6.07) is 8.21. The zero-order valence-corrected chi connectivity index (χ0v) is 13.3. The number of ether oxygens (including phenoxy) is 1. The van der Waals surface area contributed by atoms with Crippen molar-refractivity contribution in [1.29, 1.82) is 0 Å². The first-order valence-electron chi connectivity index (χ1n) is 6.35. The molecule has 1 aromatic carbocycles. The monoisotopic (exact) mass is 320 g/mol. The molecule has 0 amide bonds. The van der Waals surface area contributed by atoms with E-state index in [9.17, 15) is 4.79 Å². The molecule has 1 fully saturated rings. The van der Waals surface area contributed by atoms with Gasteiger partial charge in [0, 0.05) is 32.7 Å². The summed E-state index contributed by atoms with van der Waals surface area (Å²) in [6.45, 7) is 5.33. The highest BCUT2D eigenvalue weighted by Gasteiger charge is 2.10. The van der Waals surface area contributed by atoms with Gasteiger partial charge in [0.05, 0.1) is 13.5 Å². The van der Waals surface area contributed by atoms with Crippen molar-refractivity contribution in [2.24, 2.45) is 0 Å². The first-order chi connectivity index (χ1) is 8.78. The lowest BCUT2D eigenvalue weighted by Gasteiger charge is -2.27. The predicted molar refractivity (Wildman–Crippen MR) is 84.8 cm³/mol. The summed E-state index contributed by atoms with van der Waals surface area (Å²) < 4.78 is 4.65. The molecule has 1 heterocycles. The van der Waals surface area contributed by atoms with Gasteiger partial charge >= 0.3 is 5.97 Å². The molecule has 1 aliphatic heterocycles. The van der Waals surface area contributed by atoms with Crippen molar-refractivity contribution in [3.63, 3.8) is 0 Å². The summed E-state index contributed by atoms with van der Waals surface area (Å²) in [7, 11) is 1.42. The SMILES string of the molecule is COC(=O)Cc1ccc(CN2CCNCC2)cc1.Cl.Cl. The zero-order chi connectivity index (χ0) is 12.8. The second-order valence-electron chi connectivity index (χ2n) is 4.60. The van der Waals surface area contributed by atoms with Crippen LogP contribution in [0.25, 0.3) is 0 Å². The maximum absolute atomic E-state index is 11.1. The number of piperazine rings is 1. The molecule has 0 unspecified atom stereocenters. The van der Waals surface area contributed by atoms with Gasteiger partial charge in [-0.2, -0.15) is 0 Å². The van der Waals surface area contributed by atoms with E-state index in [1.807, 2.05) is 12.1 Å². The van der Waals surface area contributed by atoms with Crippen LogP contribution in [0, 0.1) is 0 Å². The van der Waals surface area contributed by atoms with Crippen LogP contribution in [-0.2, 0) is 22.5 Å². The number of hydrogen-bond acceptors (Lipinski definition) is 4. The number of esters is 1. The maximum Gasteiger partial charge on any atom is 0.309 e. The highest BCUT2D eigenvalue weighted by atomic mass is 35.5. The normalized spacial score (nSPS) is 14.8. The summed E-state index contributed by atoms with van der Waals surface area (Å²) in [5.41, 5.74) is 2.30. The molecule has 0 bridgehead atoms. The van der Waals surface area contributed by atoms with Gasteiger partial charge in [-0.25, -0.2) is 0 Å². The number of rotatable bonds is 4. The molecule has 1 aromatic rings. The number of nitrogens with one attached hydrogen (secondary N) is 1. The summed E-state index contributed by atoms with van der Waals surface area (Å²) >= 11 is 0. The van der Waals surface area contributed by atoms with E-state index in [2.05, 4.69) is 27.1 Å². The van der Waals surface area contributed by atoms with E-state index in [1.54, 1.807) is 0 Å². The highest BCUT2D eigenvalue weighted by molar-refractivity contribution is 5.85. The Morgan fingerprint density at radius 3 is 2.25 bits per heavy atom. The van der Waals surface area contributed by atoms with Crippen LogP contribution in [0.3, 0.4) is 0 Å². The van der Waals surface area contributed by atoms with Gasteiger partial charge < -0.3 is 10.1 Å². The van der Waals surface area contributed by atoms with Crippen molar-refractivity contribution in [2.45, 2.75) is 13.0 Å². The molecular formula is C14H22Cl2N2O2. The number of benzene rings is 1. The van der Waals surface area contributed by atoms with Crippen LogP contribution in [0.4, 0.5) is 0 Å². The molecule has 1 aliphatic rings. The fraction of sp³-hybridized carbons (Fsp3) is 0.500. The minimum Gasteiger partial charge on any atom is -0.469 e. The van der Waals surface area contributed by atoms with Crippen molar-refractivity contribution in [3.8, 4) is 0 Å². The number of carbonyl (C=O) groups excluding carboxylic acids is 1. The number of hydrogen-bond donors (Lipinski definition) is 1. The lowest BCUT2D eigenvalue weighted by molar-refractivity contribution is -0.139. The summed E-state index contributed by atoms with van der Waals surface area (Å²) in [5, 5.41) is 3.34. The summed E-state index contributed by atoms with van der Waals surface area (Å²) in [6.07, 6.45) is 0.352. The molecule has 1 N–H and O–H groups in total. The Balaban J connectivity index is 0.00000180. The molecule has 6 heteroatoms. The molecule has 0 radical (unpaired) electrons. The molecule has 0 spiro atoms. The third kappa shape index (κ3) is 6.09. The predicted octanol–water partition coefficient (Wildman–Crippen LogP) is 1.65. The van der Waals surface area contributed by atoms with Gasteiger partial charge in [0.1, 0.15) is 0 Å². The second-order valence-corrected chi connectivity index (χ2v) is 4.60. The topological polar surface area (TPSA) is 41.6 Å². The fourth-order valence-corrected chi connectivity index (χ4v) is 2.13. The van der Waals surface area contributed by atoms with Crippen molar-refractivity contribution in [2.75, 3.05) is 33.3 Å². The number of halogens is 2. The van der Waals surface area contributed by atoms with E-state index in [0.717, 1.165) is 38.3 Å². The number of carbonyl (C=O) groups is 1. The molecule has 0 saturated carbocycles. The van der Waals surface area contributed by atoms with Gasteiger partial charge in [-0.3, -0.25) is 9.69 Å². The van der Waals surface area contributed by atoms with E-state index in [4.69, 9.17) is 0 Å². The van der Waals surface area contributed by atoms with E-state index < -0.39 is 0 Å². The maximum atomic E-state index is 11.1. The van der Waals surface area contributed by atoms with E-state index in [0.29, 0.717) is 6.42 Å². The standard InChI is InChI=1S/C14H20N2O2.2ClH/c1-18-14(17)10-12-2-4-13(5-3-12)11-16-8-6-15-7-9-16;;/h2-5,15H,6-11H2,1H3;2*1H. The van der Waals surface area contributed by atoms with Crippen molar-refractivity contribution >= 4 is 30.8 Å². The molecule has 20 heavy (non-hydrogen) atoms. The van der Waals surface area contributed by atoms with Crippen molar-refractivity contribution < 1.29 is 9.53 Å². The molecule has 4 nitrogen and oxygen atoms in total. The molecule has 114 valence electrons. The average Bonchev–Trinajstić information content (AvgIpc) is 2.42. The van der Waals surface area contributed by atoms with Crippen molar-refractivity contribution in [3.05, 3.63) is 35.4 Å². The van der Waals surface area contributed by atoms with Crippen molar-refractivity contribution in [1.82, 2.24) is 10.2 Å². The third-order valence-corrected chi connectivity index (χ3v) is 3.21. The van der Waals surface area contributed by atoms with Crippen LogP contribution < -0.4 is 5.32 Å². The third-order valence-electron chi connectivity index (χ3n) is 3.21. The van der Waals surface area contributed by atoms with Crippen LogP contribution >= 0.6 is 24.8 Å². The van der Waals surface area contributed by atoms with Crippen LogP contribution in [0.5, 0.6) is 0 Å². The van der Waals surface area contributed by atoms with Gasteiger partial charge in [-0.1, -0.05) is 24.3 Å². The molecule has 2 rings (SSSR count). The fourth-order valence-electron chi connectivity index (χ4n) is 2.13.